The SMILES string of the molecule is Cc1cc(/C=N\NC(=O)c2cccc(C(F)(F)F)c2)c(C)n1-c1ccc(Br)c(Cl)c1. The lowest BCUT2D eigenvalue weighted by Gasteiger charge is -2.10. The number of alkyl halides is 3. The van der Waals surface area contributed by atoms with Crippen molar-refractivity contribution >= 4 is 39.7 Å². The van der Waals surface area contributed by atoms with E-state index in [1.807, 2.05) is 42.7 Å². The van der Waals surface area contributed by atoms with Crippen LogP contribution in [0.2, 0.25) is 5.02 Å². The van der Waals surface area contributed by atoms with Crippen molar-refractivity contribution in [2.45, 2.75) is 20.0 Å². The van der Waals surface area contributed by atoms with Crippen molar-refractivity contribution in [3.05, 3.63) is 86.1 Å². The Kier molecular flexibility index (Phi) is 6.38. The highest BCUT2D eigenvalue weighted by Gasteiger charge is 2.30. The van der Waals surface area contributed by atoms with E-state index < -0.39 is 17.6 Å². The molecular weight excluding hydrogens is 483 g/mol. The van der Waals surface area contributed by atoms with Crippen molar-refractivity contribution in [1.82, 2.24) is 9.99 Å². The fourth-order valence-electron chi connectivity index (χ4n) is 3.00. The van der Waals surface area contributed by atoms with E-state index >= 15 is 0 Å². The average molecular weight is 499 g/mol. The molecule has 9 heteroatoms. The highest BCUT2D eigenvalue weighted by molar-refractivity contribution is 9.10. The number of nitrogens with zero attached hydrogens (tertiary/aromatic N) is 2. The van der Waals surface area contributed by atoms with Crippen molar-refractivity contribution in [3.8, 4) is 5.69 Å². The van der Waals surface area contributed by atoms with E-state index in [0.29, 0.717) is 5.02 Å². The second-order valence-corrected chi connectivity index (χ2v) is 7.80. The molecule has 0 fully saturated rings. The van der Waals surface area contributed by atoms with Gasteiger partial charge in [0.15, 0.2) is 0 Å². The quantitative estimate of drug-likeness (QED) is 0.333. The molecule has 0 saturated heterocycles. The van der Waals surface area contributed by atoms with Gasteiger partial charge < -0.3 is 4.57 Å². The highest BCUT2D eigenvalue weighted by Crippen LogP contribution is 2.30. The summed E-state index contributed by atoms with van der Waals surface area (Å²) in [5.74, 6) is -0.731. The van der Waals surface area contributed by atoms with Crippen LogP contribution in [-0.4, -0.2) is 16.7 Å². The van der Waals surface area contributed by atoms with Gasteiger partial charge in [0.2, 0.25) is 0 Å². The molecule has 156 valence electrons. The van der Waals surface area contributed by atoms with E-state index in [9.17, 15) is 18.0 Å². The first-order valence-corrected chi connectivity index (χ1v) is 9.90. The lowest BCUT2D eigenvalue weighted by molar-refractivity contribution is -0.137. The summed E-state index contributed by atoms with van der Waals surface area (Å²) in [5.41, 5.74) is 4.65. The molecule has 1 aromatic heterocycles. The average Bonchev–Trinajstić information content (AvgIpc) is 2.97. The minimum Gasteiger partial charge on any atom is -0.318 e. The largest absolute Gasteiger partial charge is 0.416 e. The van der Waals surface area contributed by atoms with Gasteiger partial charge in [0, 0.05) is 32.7 Å². The summed E-state index contributed by atoms with van der Waals surface area (Å²) in [5, 5.41) is 4.47. The number of benzene rings is 2. The van der Waals surface area contributed by atoms with Gasteiger partial charge in [-0.05, 0) is 72.2 Å². The Hall–Kier alpha value is -2.58. The fraction of sp³-hybridized carbons (Fsp3) is 0.143. The third-order valence-electron chi connectivity index (χ3n) is 4.45. The van der Waals surface area contributed by atoms with E-state index in [4.69, 9.17) is 11.6 Å². The van der Waals surface area contributed by atoms with Crippen molar-refractivity contribution < 1.29 is 18.0 Å². The molecule has 0 aliphatic heterocycles. The van der Waals surface area contributed by atoms with Crippen LogP contribution in [0.5, 0.6) is 0 Å². The van der Waals surface area contributed by atoms with Gasteiger partial charge in [-0.1, -0.05) is 17.7 Å². The molecule has 0 aliphatic rings. The number of hydrogen-bond donors (Lipinski definition) is 1. The maximum atomic E-state index is 12.8. The number of carbonyl (C=O) groups is 1. The monoisotopic (exact) mass is 497 g/mol. The van der Waals surface area contributed by atoms with Crippen molar-refractivity contribution in [2.24, 2.45) is 5.10 Å². The zero-order valence-electron chi connectivity index (χ0n) is 15.9. The van der Waals surface area contributed by atoms with Crippen LogP contribution in [0.4, 0.5) is 13.2 Å². The first kappa shape index (κ1) is 22.1. The minimum absolute atomic E-state index is 0.128. The Morgan fingerprint density at radius 2 is 1.90 bits per heavy atom. The molecule has 30 heavy (non-hydrogen) atoms. The second kappa shape index (κ2) is 8.65. The van der Waals surface area contributed by atoms with Crippen LogP contribution in [0.3, 0.4) is 0 Å². The Bertz CT molecular complexity index is 1140. The lowest BCUT2D eigenvalue weighted by Crippen LogP contribution is -2.18. The number of aryl methyl sites for hydroxylation is 1. The van der Waals surface area contributed by atoms with Crippen LogP contribution in [0.15, 0.2) is 58.1 Å². The van der Waals surface area contributed by atoms with Gasteiger partial charge in [0.1, 0.15) is 0 Å². The van der Waals surface area contributed by atoms with Crippen molar-refractivity contribution in [2.75, 3.05) is 0 Å². The smallest absolute Gasteiger partial charge is 0.318 e. The number of aromatic nitrogens is 1. The summed E-state index contributed by atoms with van der Waals surface area (Å²) in [4.78, 5) is 12.1. The Morgan fingerprint density at radius 3 is 2.57 bits per heavy atom. The van der Waals surface area contributed by atoms with Crippen LogP contribution in [0, 0.1) is 13.8 Å². The van der Waals surface area contributed by atoms with Crippen LogP contribution >= 0.6 is 27.5 Å². The van der Waals surface area contributed by atoms with E-state index in [1.165, 1.54) is 18.3 Å². The van der Waals surface area contributed by atoms with E-state index in [2.05, 4.69) is 26.5 Å². The Morgan fingerprint density at radius 1 is 1.17 bits per heavy atom. The summed E-state index contributed by atoms with van der Waals surface area (Å²) in [6.07, 6.45) is -3.07. The van der Waals surface area contributed by atoms with Crippen LogP contribution < -0.4 is 5.43 Å². The van der Waals surface area contributed by atoms with Gasteiger partial charge in [-0.15, -0.1) is 0 Å². The molecule has 2 aromatic carbocycles. The van der Waals surface area contributed by atoms with Gasteiger partial charge in [0.25, 0.3) is 5.91 Å². The number of nitrogens with one attached hydrogen (secondary N) is 1. The third-order valence-corrected chi connectivity index (χ3v) is 5.69. The van der Waals surface area contributed by atoms with Crippen LogP contribution in [0.25, 0.3) is 5.69 Å². The standard InChI is InChI=1S/C21H16BrClF3N3O/c1-12-8-15(13(2)29(12)17-6-7-18(22)19(23)10-17)11-27-28-20(30)14-4-3-5-16(9-14)21(24,25)26/h3-11H,1-2H3,(H,28,30)/b27-11-. The summed E-state index contributed by atoms with van der Waals surface area (Å²) in [7, 11) is 0. The number of hydrogen-bond acceptors (Lipinski definition) is 2. The first-order valence-electron chi connectivity index (χ1n) is 8.73. The third kappa shape index (κ3) is 4.76. The number of amides is 1. The maximum absolute atomic E-state index is 12.8. The highest BCUT2D eigenvalue weighted by atomic mass is 79.9. The van der Waals surface area contributed by atoms with Gasteiger partial charge in [-0.2, -0.15) is 18.3 Å². The summed E-state index contributed by atoms with van der Waals surface area (Å²) >= 11 is 9.55. The molecule has 1 heterocycles. The van der Waals surface area contributed by atoms with Gasteiger partial charge in [-0.25, -0.2) is 5.43 Å². The molecule has 3 rings (SSSR count). The molecule has 0 unspecified atom stereocenters. The normalized spacial score (nSPS) is 11.8. The van der Waals surface area contributed by atoms with Crippen molar-refractivity contribution in [1.29, 1.82) is 0 Å². The van der Waals surface area contributed by atoms with Gasteiger partial charge in [-0.3, -0.25) is 4.79 Å². The maximum Gasteiger partial charge on any atom is 0.416 e. The fourth-order valence-corrected chi connectivity index (χ4v) is 3.42. The molecule has 0 radical (unpaired) electrons. The van der Waals surface area contributed by atoms with Gasteiger partial charge in [0.05, 0.1) is 16.8 Å². The minimum atomic E-state index is -4.52. The molecule has 4 nitrogen and oxygen atoms in total. The molecule has 3 aromatic rings. The summed E-state index contributed by atoms with van der Waals surface area (Å²) in [6, 6.07) is 11.6. The lowest BCUT2D eigenvalue weighted by atomic mass is 10.1. The van der Waals surface area contributed by atoms with Crippen LogP contribution in [0.1, 0.15) is 32.9 Å². The predicted octanol–water partition coefficient (Wildman–Crippen LogP) is 6.29. The predicted molar refractivity (Wildman–Crippen MR) is 114 cm³/mol. The molecule has 1 amide bonds. The molecule has 0 bridgehead atoms. The molecule has 0 aliphatic carbocycles. The number of halogens is 5. The molecular formula is C21H16BrClF3N3O. The summed E-state index contributed by atoms with van der Waals surface area (Å²) in [6.45, 7) is 3.81. The van der Waals surface area contributed by atoms with Gasteiger partial charge >= 0.3 is 6.18 Å². The second-order valence-electron chi connectivity index (χ2n) is 6.54. The topological polar surface area (TPSA) is 46.4 Å². The van der Waals surface area contributed by atoms with Crippen molar-refractivity contribution in [3.63, 3.8) is 0 Å². The molecule has 0 saturated carbocycles. The van der Waals surface area contributed by atoms with E-state index in [1.54, 1.807) is 0 Å². The first-order chi connectivity index (χ1) is 14.1. The Balaban J connectivity index is 1.79. The summed E-state index contributed by atoms with van der Waals surface area (Å²) < 4.78 is 41.2. The van der Waals surface area contributed by atoms with E-state index in [0.717, 1.165) is 39.2 Å². The Labute approximate surface area is 184 Å². The zero-order chi connectivity index (χ0) is 22.1. The number of hydrazone groups is 1. The molecule has 0 spiro atoms. The van der Waals surface area contributed by atoms with E-state index in [-0.39, 0.29) is 5.56 Å². The van der Waals surface area contributed by atoms with Crippen LogP contribution in [-0.2, 0) is 6.18 Å². The zero-order valence-corrected chi connectivity index (χ0v) is 18.2. The molecule has 1 N–H and O–H groups in total. The molecule has 0 atom stereocenters. The number of rotatable bonds is 4. The number of carbonyl (C=O) groups excluding carboxylic acids is 1.